The number of nitrogens with zero attached hydrogens (tertiary/aromatic N) is 1. The standard InChI is InChI=1S/C8H14N2O/c1-8(2)3-6-4-11-7(9)10(6)5-8/h6,9H,3-5H2,1-2H3. The molecule has 0 radical (unpaired) electrons. The van der Waals surface area contributed by atoms with Crippen molar-refractivity contribution in [2.45, 2.75) is 26.3 Å². The van der Waals surface area contributed by atoms with Gasteiger partial charge >= 0.3 is 0 Å². The highest BCUT2D eigenvalue weighted by molar-refractivity contribution is 5.73. The summed E-state index contributed by atoms with van der Waals surface area (Å²) in [5, 5.41) is 7.46. The van der Waals surface area contributed by atoms with Crippen LogP contribution in [-0.4, -0.2) is 30.1 Å². The van der Waals surface area contributed by atoms with Crippen molar-refractivity contribution in [2.75, 3.05) is 13.2 Å². The minimum atomic E-state index is 0.376. The van der Waals surface area contributed by atoms with Crippen LogP contribution in [0.1, 0.15) is 20.3 Å². The molecule has 1 unspecified atom stereocenters. The average molecular weight is 154 g/mol. The quantitative estimate of drug-likeness (QED) is 0.566. The van der Waals surface area contributed by atoms with Crippen LogP contribution in [0.4, 0.5) is 0 Å². The predicted octanol–water partition coefficient (Wildman–Crippen LogP) is 1.05. The second kappa shape index (κ2) is 1.90. The van der Waals surface area contributed by atoms with Crippen molar-refractivity contribution in [1.82, 2.24) is 4.90 Å². The van der Waals surface area contributed by atoms with Crippen molar-refractivity contribution < 1.29 is 4.74 Å². The molecule has 2 aliphatic rings. The van der Waals surface area contributed by atoms with Gasteiger partial charge in [0.05, 0.1) is 6.04 Å². The molecule has 0 bridgehead atoms. The summed E-state index contributed by atoms with van der Waals surface area (Å²) in [7, 11) is 0. The molecule has 0 aliphatic carbocycles. The summed E-state index contributed by atoms with van der Waals surface area (Å²) in [6, 6.07) is 0.859. The maximum Gasteiger partial charge on any atom is 0.284 e. The normalized spacial score (nSPS) is 33.8. The van der Waals surface area contributed by atoms with Gasteiger partial charge < -0.3 is 9.64 Å². The molecule has 2 saturated heterocycles. The van der Waals surface area contributed by atoms with Crippen LogP contribution in [-0.2, 0) is 4.74 Å². The smallest absolute Gasteiger partial charge is 0.284 e. The van der Waals surface area contributed by atoms with Crippen molar-refractivity contribution >= 4 is 6.02 Å². The molecule has 1 N–H and O–H groups in total. The van der Waals surface area contributed by atoms with Gasteiger partial charge in [-0.05, 0) is 11.8 Å². The molecule has 62 valence electrons. The van der Waals surface area contributed by atoms with Crippen molar-refractivity contribution in [3.8, 4) is 0 Å². The minimum absolute atomic E-state index is 0.376. The largest absolute Gasteiger partial charge is 0.463 e. The second-order valence-corrected chi connectivity index (χ2v) is 4.27. The lowest BCUT2D eigenvalue weighted by Crippen LogP contribution is -2.28. The third kappa shape index (κ3) is 0.988. The highest BCUT2D eigenvalue weighted by Gasteiger charge is 2.43. The van der Waals surface area contributed by atoms with Crippen LogP contribution in [0.2, 0.25) is 0 Å². The Morgan fingerprint density at radius 3 is 3.00 bits per heavy atom. The fourth-order valence-electron chi connectivity index (χ4n) is 2.05. The van der Waals surface area contributed by atoms with Crippen LogP contribution in [0.15, 0.2) is 0 Å². The molecule has 0 aromatic heterocycles. The molecule has 0 amide bonds. The molecular weight excluding hydrogens is 140 g/mol. The van der Waals surface area contributed by atoms with Crippen LogP contribution in [0.25, 0.3) is 0 Å². The lowest BCUT2D eigenvalue weighted by Gasteiger charge is -2.17. The number of ether oxygens (including phenoxy) is 1. The van der Waals surface area contributed by atoms with Crippen LogP contribution >= 0.6 is 0 Å². The Kier molecular flexibility index (Phi) is 1.20. The first kappa shape index (κ1) is 6.95. The third-order valence-corrected chi connectivity index (χ3v) is 2.50. The molecule has 1 atom stereocenters. The lowest BCUT2D eigenvalue weighted by molar-refractivity contribution is 0.291. The summed E-state index contributed by atoms with van der Waals surface area (Å²) in [5.74, 6) is 0. The highest BCUT2D eigenvalue weighted by Crippen LogP contribution is 2.36. The number of amidine groups is 1. The van der Waals surface area contributed by atoms with Gasteiger partial charge in [-0.3, -0.25) is 5.41 Å². The molecule has 11 heavy (non-hydrogen) atoms. The molecule has 0 saturated carbocycles. The Bertz CT molecular complexity index is 200. The van der Waals surface area contributed by atoms with Gasteiger partial charge in [0.25, 0.3) is 6.02 Å². The molecule has 0 spiro atoms. The first-order chi connectivity index (χ1) is 5.08. The molecule has 3 heteroatoms. The van der Waals surface area contributed by atoms with Crippen LogP contribution in [0.5, 0.6) is 0 Å². The number of nitrogens with one attached hydrogen (secondary N) is 1. The first-order valence-electron chi connectivity index (χ1n) is 4.06. The number of hydrogen-bond acceptors (Lipinski definition) is 2. The van der Waals surface area contributed by atoms with E-state index in [4.69, 9.17) is 10.1 Å². The minimum Gasteiger partial charge on any atom is -0.463 e. The van der Waals surface area contributed by atoms with E-state index in [1.165, 1.54) is 0 Å². The number of fused-ring (bicyclic) bond motifs is 1. The Morgan fingerprint density at radius 2 is 2.36 bits per heavy atom. The molecule has 0 aromatic rings. The van der Waals surface area contributed by atoms with Gasteiger partial charge in [-0.1, -0.05) is 13.8 Å². The van der Waals surface area contributed by atoms with Crippen LogP contribution < -0.4 is 0 Å². The second-order valence-electron chi connectivity index (χ2n) is 4.27. The maximum atomic E-state index is 7.46. The van der Waals surface area contributed by atoms with Crippen molar-refractivity contribution in [1.29, 1.82) is 5.41 Å². The van der Waals surface area contributed by atoms with E-state index in [1.807, 2.05) is 0 Å². The Morgan fingerprint density at radius 1 is 1.64 bits per heavy atom. The van der Waals surface area contributed by atoms with Crippen molar-refractivity contribution in [2.24, 2.45) is 5.41 Å². The van der Waals surface area contributed by atoms with E-state index in [-0.39, 0.29) is 0 Å². The van der Waals surface area contributed by atoms with Gasteiger partial charge in [0.15, 0.2) is 0 Å². The van der Waals surface area contributed by atoms with Crippen LogP contribution in [0.3, 0.4) is 0 Å². The highest BCUT2D eigenvalue weighted by atomic mass is 16.5. The molecule has 2 rings (SSSR count). The zero-order valence-electron chi connectivity index (χ0n) is 7.05. The summed E-state index contributed by atoms with van der Waals surface area (Å²) in [6.45, 7) is 6.20. The third-order valence-electron chi connectivity index (χ3n) is 2.50. The number of hydrogen-bond donors (Lipinski definition) is 1. The van der Waals surface area contributed by atoms with E-state index in [2.05, 4.69) is 18.7 Å². The maximum absolute atomic E-state index is 7.46. The summed E-state index contributed by atoms with van der Waals surface area (Å²) >= 11 is 0. The number of rotatable bonds is 0. The van der Waals surface area contributed by atoms with Gasteiger partial charge in [-0.2, -0.15) is 0 Å². The fraction of sp³-hybridized carbons (Fsp3) is 0.875. The van der Waals surface area contributed by atoms with Gasteiger partial charge in [0, 0.05) is 6.54 Å². The Balaban J connectivity index is 2.16. The predicted molar refractivity (Wildman–Crippen MR) is 42.6 cm³/mol. The van der Waals surface area contributed by atoms with E-state index in [0.29, 0.717) is 17.5 Å². The van der Waals surface area contributed by atoms with Gasteiger partial charge in [0.1, 0.15) is 6.61 Å². The summed E-state index contributed by atoms with van der Waals surface area (Å²) in [5.41, 5.74) is 0.376. The van der Waals surface area contributed by atoms with Crippen molar-refractivity contribution in [3.63, 3.8) is 0 Å². The summed E-state index contributed by atoms with van der Waals surface area (Å²) in [4.78, 5) is 2.07. The molecule has 0 aromatic carbocycles. The molecular formula is C8H14N2O. The van der Waals surface area contributed by atoms with Gasteiger partial charge in [0.2, 0.25) is 0 Å². The molecule has 3 nitrogen and oxygen atoms in total. The van der Waals surface area contributed by atoms with E-state index >= 15 is 0 Å². The van der Waals surface area contributed by atoms with Crippen LogP contribution in [0, 0.1) is 10.8 Å². The lowest BCUT2D eigenvalue weighted by atomic mass is 9.91. The van der Waals surface area contributed by atoms with E-state index < -0.39 is 0 Å². The van der Waals surface area contributed by atoms with E-state index in [9.17, 15) is 0 Å². The van der Waals surface area contributed by atoms with Crippen molar-refractivity contribution in [3.05, 3.63) is 0 Å². The Labute approximate surface area is 66.8 Å². The zero-order valence-corrected chi connectivity index (χ0v) is 7.05. The van der Waals surface area contributed by atoms with Gasteiger partial charge in [-0.15, -0.1) is 0 Å². The molecule has 2 aliphatic heterocycles. The van der Waals surface area contributed by atoms with Gasteiger partial charge in [-0.25, -0.2) is 0 Å². The monoisotopic (exact) mass is 154 g/mol. The first-order valence-corrected chi connectivity index (χ1v) is 4.06. The molecule has 2 fully saturated rings. The fourth-order valence-corrected chi connectivity index (χ4v) is 2.05. The zero-order chi connectivity index (χ0) is 8.06. The summed E-state index contributed by atoms with van der Waals surface area (Å²) in [6.07, 6.45) is 1.16. The Hall–Kier alpha value is -0.730. The van der Waals surface area contributed by atoms with E-state index in [1.54, 1.807) is 0 Å². The molecule has 2 heterocycles. The topological polar surface area (TPSA) is 36.3 Å². The average Bonchev–Trinajstić information content (AvgIpc) is 2.31. The summed E-state index contributed by atoms with van der Waals surface area (Å²) < 4.78 is 5.12. The van der Waals surface area contributed by atoms with E-state index in [0.717, 1.165) is 19.6 Å². The SMILES string of the molecule is CC1(C)CC2COC(=N)N2C1.